The zero-order valence-electron chi connectivity index (χ0n) is 11.3. The Labute approximate surface area is 127 Å². The van der Waals surface area contributed by atoms with Crippen LogP contribution in [-0.4, -0.2) is 9.97 Å². The number of benzene rings is 1. The standard InChI is InChI=1S/C14H14Cl2FN3/c1-7(2)13-19-12(16)8(3)14(20-13)18-11-5-4-9(17)6-10(11)15/h4-7H,1-3H3,(H,18,19,20). The van der Waals surface area contributed by atoms with Crippen molar-refractivity contribution in [1.82, 2.24) is 9.97 Å². The fraction of sp³-hybridized carbons (Fsp3) is 0.286. The lowest BCUT2D eigenvalue weighted by molar-refractivity contribution is 0.628. The molecular weight excluding hydrogens is 300 g/mol. The first kappa shape index (κ1) is 15.0. The van der Waals surface area contributed by atoms with Crippen LogP contribution in [0.1, 0.15) is 31.2 Å². The highest BCUT2D eigenvalue weighted by Crippen LogP contribution is 2.29. The maximum absolute atomic E-state index is 13.0. The molecule has 0 aliphatic heterocycles. The average Bonchev–Trinajstić information content (AvgIpc) is 2.37. The van der Waals surface area contributed by atoms with E-state index in [2.05, 4.69) is 15.3 Å². The van der Waals surface area contributed by atoms with Crippen LogP contribution in [-0.2, 0) is 0 Å². The Kier molecular flexibility index (Phi) is 4.45. The molecule has 0 amide bonds. The molecule has 0 saturated carbocycles. The van der Waals surface area contributed by atoms with Crippen LogP contribution >= 0.6 is 23.2 Å². The van der Waals surface area contributed by atoms with E-state index in [4.69, 9.17) is 23.2 Å². The summed E-state index contributed by atoms with van der Waals surface area (Å²) >= 11 is 12.1. The third kappa shape index (κ3) is 3.19. The van der Waals surface area contributed by atoms with E-state index >= 15 is 0 Å². The van der Waals surface area contributed by atoms with Crippen molar-refractivity contribution in [3.05, 3.63) is 45.6 Å². The van der Waals surface area contributed by atoms with Crippen molar-refractivity contribution < 1.29 is 4.39 Å². The van der Waals surface area contributed by atoms with E-state index in [1.807, 2.05) is 20.8 Å². The minimum Gasteiger partial charge on any atom is -0.339 e. The van der Waals surface area contributed by atoms with Crippen LogP contribution in [0.5, 0.6) is 0 Å². The summed E-state index contributed by atoms with van der Waals surface area (Å²) in [6.07, 6.45) is 0. The summed E-state index contributed by atoms with van der Waals surface area (Å²) in [6.45, 7) is 5.78. The molecule has 0 bridgehead atoms. The Morgan fingerprint density at radius 1 is 1.20 bits per heavy atom. The molecular formula is C14H14Cl2FN3. The number of halogens is 3. The van der Waals surface area contributed by atoms with E-state index in [1.54, 1.807) is 6.07 Å². The predicted molar refractivity (Wildman–Crippen MR) is 80.6 cm³/mol. The summed E-state index contributed by atoms with van der Waals surface area (Å²) < 4.78 is 13.0. The van der Waals surface area contributed by atoms with Gasteiger partial charge in [-0.25, -0.2) is 14.4 Å². The number of nitrogens with zero attached hydrogens (tertiary/aromatic N) is 2. The van der Waals surface area contributed by atoms with Crippen molar-refractivity contribution in [3.63, 3.8) is 0 Å². The predicted octanol–water partition coefficient (Wildman–Crippen LogP) is 5.10. The van der Waals surface area contributed by atoms with Gasteiger partial charge in [0.2, 0.25) is 0 Å². The van der Waals surface area contributed by atoms with Crippen LogP contribution in [0.2, 0.25) is 10.2 Å². The SMILES string of the molecule is Cc1c(Cl)nc(C(C)C)nc1Nc1ccc(F)cc1Cl. The number of hydrogen-bond donors (Lipinski definition) is 1. The summed E-state index contributed by atoms with van der Waals surface area (Å²) in [5.41, 5.74) is 1.29. The first-order valence-corrected chi connectivity index (χ1v) is 6.90. The lowest BCUT2D eigenvalue weighted by atomic mass is 10.2. The van der Waals surface area contributed by atoms with Crippen molar-refractivity contribution in [2.45, 2.75) is 26.7 Å². The fourth-order valence-electron chi connectivity index (χ4n) is 1.60. The molecule has 0 atom stereocenters. The molecule has 0 saturated heterocycles. The summed E-state index contributed by atoms with van der Waals surface area (Å²) in [7, 11) is 0. The smallest absolute Gasteiger partial charge is 0.138 e. The van der Waals surface area contributed by atoms with E-state index in [-0.39, 0.29) is 16.8 Å². The maximum atomic E-state index is 13.0. The van der Waals surface area contributed by atoms with Crippen molar-refractivity contribution in [2.24, 2.45) is 0 Å². The molecule has 6 heteroatoms. The topological polar surface area (TPSA) is 37.8 Å². The molecule has 0 spiro atoms. The highest BCUT2D eigenvalue weighted by Gasteiger charge is 2.13. The third-order valence-corrected chi connectivity index (χ3v) is 3.49. The van der Waals surface area contributed by atoms with Crippen LogP contribution in [0.3, 0.4) is 0 Å². The van der Waals surface area contributed by atoms with E-state index in [1.165, 1.54) is 12.1 Å². The Balaban J connectivity index is 2.42. The summed E-state index contributed by atoms with van der Waals surface area (Å²) in [5, 5.41) is 3.75. The van der Waals surface area contributed by atoms with Crippen molar-refractivity contribution in [1.29, 1.82) is 0 Å². The minimum absolute atomic E-state index is 0.150. The number of nitrogens with one attached hydrogen (secondary N) is 1. The number of anilines is 2. The van der Waals surface area contributed by atoms with Gasteiger partial charge in [-0.3, -0.25) is 0 Å². The summed E-state index contributed by atoms with van der Waals surface area (Å²) in [6, 6.07) is 4.13. The van der Waals surface area contributed by atoms with Gasteiger partial charge < -0.3 is 5.32 Å². The molecule has 1 aromatic heterocycles. The zero-order chi connectivity index (χ0) is 14.9. The molecule has 0 aliphatic rings. The molecule has 2 rings (SSSR count). The van der Waals surface area contributed by atoms with Crippen molar-refractivity contribution in [3.8, 4) is 0 Å². The Morgan fingerprint density at radius 3 is 2.50 bits per heavy atom. The molecule has 106 valence electrons. The lowest BCUT2D eigenvalue weighted by Gasteiger charge is -2.13. The van der Waals surface area contributed by atoms with E-state index in [0.717, 1.165) is 5.56 Å². The first-order chi connectivity index (χ1) is 9.38. The van der Waals surface area contributed by atoms with Gasteiger partial charge in [-0.2, -0.15) is 0 Å². The minimum atomic E-state index is -0.388. The molecule has 2 aromatic rings. The van der Waals surface area contributed by atoms with Gasteiger partial charge >= 0.3 is 0 Å². The van der Waals surface area contributed by atoms with Crippen molar-refractivity contribution >= 4 is 34.7 Å². The van der Waals surface area contributed by atoms with E-state index < -0.39 is 0 Å². The normalized spacial score (nSPS) is 10.9. The highest BCUT2D eigenvalue weighted by molar-refractivity contribution is 6.33. The number of hydrogen-bond acceptors (Lipinski definition) is 3. The largest absolute Gasteiger partial charge is 0.339 e. The van der Waals surface area contributed by atoms with Gasteiger partial charge in [-0.05, 0) is 25.1 Å². The van der Waals surface area contributed by atoms with Gasteiger partial charge in [-0.15, -0.1) is 0 Å². The van der Waals surface area contributed by atoms with Gasteiger partial charge in [0.1, 0.15) is 22.6 Å². The molecule has 20 heavy (non-hydrogen) atoms. The molecule has 0 aliphatic carbocycles. The van der Waals surface area contributed by atoms with Crippen LogP contribution in [0.15, 0.2) is 18.2 Å². The monoisotopic (exact) mass is 313 g/mol. The van der Waals surface area contributed by atoms with Crippen LogP contribution < -0.4 is 5.32 Å². The number of rotatable bonds is 3. The zero-order valence-corrected chi connectivity index (χ0v) is 12.8. The Hall–Kier alpha value is -1.39. The van der Waals surface area contributed by atoms with E-state index in [0.29, 0.717) is 22.5 Å². The molecule has 0 fully saturated rings. The molecule has 3 nitrogen and oxygen atoms in total. The maximum Gasteiger partial charge on any atom is 0.138 e. The summed E-state index contributed by atoms with van der Waals surface area (Å²) in [4.78, 5) is 8.66. The quantitative estimate of drug-likeness (QED) is 0.801. The Morgan fingerprint density at radius 2 is 1.90 bits per heavy atom. The Bertz CT molecular complexity index is 645. The number of aromatic nitrogens is 2. The lowest BCUT2D eigenvalue weighted by Crippen LogP contribution is -2.05. The third-order valence-electron chi connectivity index (χ3n) is 2.80. The second-order valence-electron chi connectivity index (χ2n) is 4.75. The van der Waals surface area contributed by atoms with Crippen LogP contribution in [0.25, 0.3) is 0 Å². The average molecular weight is 314 g/mol. The molecule has 1 heterocycles. The van der Waals surface area contributed by atoms with Gasteiger partial charge in [-0.1, -0.05) is 37.0 Å². The molecule has 0 radical (unpaired) electrons. The first-order valence-electron chi connectivity index (χ1n) is 6.14. The van der Waals surface area contributed by atoms with Gasteiger partial charge in [0.05, 0.1) is 10.7 Å². The second kappa shape index (κ2) is 5.94. The summed E-state index contributed by atoms with van der Waals surface area (Å²) in [5.74, 6) is 0.974. The van der Waals surface area contributed by atoms with E-state index in [9.17, 15) is 4.39 Å². The molecule has 1 N–H and O–H groups in total. The highest BCUT2D eigenvalue weighted by atomic mass is 35.5. The van der Waals surface area contributed by atoms with Crippen molar-refractivity contribution in [2.75, 3.05) is 5.32 Å². The fourth-order valence-corrected chi connectivity index (χ4v) is 1.99. The van der Waals surface area contributed by atoms with Crippen LogP contribution in [0.4, 0.5) is 15.9 Å². The van der Waals surface area contributed by atoms with Gasteiger partial charge in [0.25, 0.3) is 0 Å². The molecule has 1 aromatic carbocycles. The van der Waals surface area contributed by atoms with Gasteiger partial charge in [0.15, 0.2) is 0 Å². The second-order valence-corrected chi connectivity index (χ2v) is 5.52. The van der Waals surface area contributed by atoms with Crippen LogP contribution in [0, 0.1) is 12.7 Å². The van der Waals surface area contributed by atoms with Gasteiger partial charge in [0, 0.05) is 11.5 Å². The molecule has 0 unspecified atom stereocenters.